The van der Waals surface area contributed by atoms with E-state index in [1.54, 1.807) is 6.07 Å². The molecule has 0 spiro atoms. The molecule has 19 heavy (non-hydrogen) atoms. The van der Waals surface area contributed by atoms with E-state index in [9.17, 15) is 9.59 Å². The lowest BCUT2D eigenvalue weighted by Crippen LogP contribution is -1.97. The number of carboxylic acid groups (broad SMARTS) is 1. The molecule has 94 valence electrons. The number of aryl methyl sites for hydroxylation is 1. The second-order valence-electron chi connectivity index (χ2n) is 4.11. The highest BCUT2D eigenvalue weighted by molar-refractivity contribution is 5.95. The first-order chi connectivity index (χ1) is 9.11. The number of hydrogen-bond donors (Lipinski definition) is 1. The molecular formula is C15H11NO3. The Labute approximate surface area is 110 Å². The van der Waals surface area contributed by atoms with E-state index >= 15 is 0 Å². The summed E-state index contributed by atoms with van der Waals surface area (Å²) in [6.07, 6.45) is 1.36. The number of carbonyl (C=O) groups is 1. The Kier molecular flexibility index (Phi) is 3.55. The van der Waals surface area contributed by atoms with Crippen LogP contribution in [0.2, 0.25) is 0 Å². The number of carbonyl (C=O) groups excluding carboxylic acids is 1. The standard InChI is InChI=1S/C15H11NO3/c1-10-2-4-11(5-3-10)12-6-7-14(16-9-17)13(8-12)15(18)19/h2-8H,1H3,(H,18,19). The third kappa shape index (κ3) is 2.76. The summed E-state index contributed by atoms with van der Waals surface area (Å²) in [5, 5.41) is 9.12. The SMILES string of the molecule is Cc1ccc(-c2ccc(N=C=O)c(C(=O)O)c2)cc1. The van der Waals surface area contributed by atoms with Crippen LogP contribution in [0.4, 0.5) is 5.69 Å². The molecule has 0 saturated heterocycles. The molecule has 0 bridgehead atoms. The summed E-state index contributed by atoms with van der Waals surface area (Å²) < 4.78 is 0. The van der Waals surface area contributed by atoms with E-state index in [0.29, 0.717) is 0 Å². The predicted octanol–water partition coefficient (Wildman–Crippen LogP) is 3.33. The van der Waals surface area contributed by atoms with Gasteiger partial charge in [0.2, 0.25) is 6.08 Å². The number of aliphatic imine (C=N–C) groups is 1. The van der Waals surface area contributed by atoms with Crippen LogP contribution in [-0.2, 0) is 4.79 Å². The lowest BCUT2D eigenvalue weighted by atomic mass is 10.0. The minimum absolute atomic E-state index is 0.0126. The van der Waals surface area contributed by atoms with E-state index < -0.39 is 5.97 Å². The van der Waals surface area contributed by atoms with Gasteiger partial charge in [0, 0.05) is 0 Å². The molecule has 0 heterocycles. The molecule has 0 unspecified atom stereocenters. The molecule has 2 rings (SSSR count). The number of hydrogen-bond acceptors (Lipinski definition) is 3. The van der Waals surface area contributed by atoms with Gasteiger partial charge in [-0.3, -0.25) is 0 Å². The zero-order valence-electron chi connectivity index (χ0n) is 10.3. The van der Waals surface area contributed by atoms with Gasteiger partial charge in [-0.05, 0) is 30.2 Å². The number of benzene rings is 2. The van der Waals surface area contributed by atoms with E-state index in [0.717, 1.165) is 16.7 Å². The van der Waals surface area contributed by atoms with Gasteiger partial charge < -0.3 is 5.11 Å². The molecule has 0 aromatic heterocycles. The highest BCUT2D eigenvalue weighted by Gasteiger charge is 2.11. The van der Waals surface area contributed by atoms with E-state index in [1.165, 1.54) is 18.2 Å². The van der Waals surface area contributed by atoms with Gasteiger partial charge in [0.25, 0.3) is 0 Å². The summed E-state index contributed by atoms with van der Waals surface area (Å²) in [5.74, 6) is -1.12. The Hall–Kier alpha value is -2.71. The molecule has 2 aromatic rings. The molecule has 0 aliphatic carbocycles. The van der Waals surface area contributed by atoms with Crippen molar-refractivity contribution in [3.8, 4) is 11.1 Å². The molecule has 4 heteroatoms. The number of nitrogens with zero attached hydrogens (tertiary/aromatic N) is 1. The summed E-state index contributed by atoms with van der Waals surface area (Å²) in [6, 6.07) is 12.5. The zero-order valence-corrected chi connectivity index (χ0v) is 10.3. The molecule has 0 aliphatic heterocycles. The monoisotopic (exact) mass is 253 g/mol. The molecular weight excluding hydrogens is 242 g/mol. The minimum Gasteiger partial charge on any atom is -0.478 e. The summed E-state index contributed by atoms with van der Waals surface area (Å²) in [6.45, 7) is 1.98. The maximum absolute atomic E-state index is 11.1. The summed E-state index contributed by atoms with van der Waals surface area (Å²) in [4.78, 5) is 24.8. The predicted molar refractivity (Wildman–Crippen MR) is 71.4 cm³/mol. The Balaban J connectivity index is 2.54. The van der Waals surface area contributed by atoms with E-state index in [4.69, 9.17) is 5.11 Å². The van der Waals surface area contributed by atoms with Gasteiger partial charge in [-0.25, -0.2) is 9.59 Å². The van der Waals surface area contributed by atoms with Crippen molar-refractivity contribution in [1.29, 1.82) is 0 Å². The molecule has 0 saturated carbocycles. The van der Waals surface area contributed by atoms with Crippen LogP contribution in [0.15, 0.2) is 47.5 Å². The van der Waals surface area contributed by atoms with Gasteiger partial charge in [0.05, 0.1) is 11.3 Å². The van der Waals surface area contributed by atoms with E-state index in [-0.39, 0.29) is 11.3 Å². The van der Waals surface area contributed by atoms with Gasteiger partial charge >= 0.3 is 5.97 Å². The van der Waals surface area contributed by atoms with Crippen LogP contribution in [0.1, 0.15) is 15.9 Å². The summed E-state index contributed by atoms with van der Waals surface area (Å²) in [5.41, 5.74) is 2.90. The maximum atomic E-state index is 11.1. The molecule has 0 radical (unpaired) electrons. The topological polar surface area (TPSA) is 66.7 Å². The molecule has 1 N–H and O–H groups in total. The zero-order chi connectivity index (χ0) is 13.8. The van der Waals surface area contributed by atoms with Crippen molar-refractivity contribution in [3.05, 3.63) is 53.6 Å². The fraction of sp³-hybridized carbons (Fsp3) is 0.0667. The third-order valence-electron chi connectivity index (χ3n) is 2.78. The smallest absolute Gasteiger partial charge is 0.337 e. The summed E-state index contributed by atoms with van der Waals surface area (Å²) >= 11 is 0. The van der Waals surface area contributed by atoms with Crippen molar-refractivity contribution in [2.24, 2.45) is 4.99 Å². The number of carboxylic acids is 1. The Bertz CT molecular complexity index is 668. The van der Waals surface area contributed by atoms with E-state index in [1.807, 2.05) is 31.2 Å². The van der Waals surface area contributed by atoms with Crippen molar-refractivity contribution < 1.29 is 14.7 Å². The fourth-order valence-electron chi connectivity index (χ4n) is 1.78. The van der Waals surface area contributed by atoms with Crippen molar-refractivity contribution in [1.82, 2.24) is 0 Å². The lowest BCUT2D eigenvalue weighted by molar-refractivity contribution is 0.0698. The van der Waals surface area contributed by atoms with Crippen LogP contribution < -0.4 is 0 Å². The number of isocyanates is 1. The van der Waals surface area contributed by atoms with Gasteiger partial charge in [-0.1, -0.05) is 35.9 Å². The number of rotatable bonds is 3. The maximum Gasteiger partial charge on any atom is 0.337 e. The Morgan fingerprint density at radius 1 is 1.11 bits per heavy atom. The third-order valence-corrected chi connectivity index (χ3v) is 2.78. The van der Waals surface area contributed by atoms with Gasteiger partial charge in [-0.15, -0.1) is 0 Å². The Morgan fingerprint density at radius 3 is 2.32 bits per heavy atom. The van der Waals surface area contributed by atoms with E-state index in [2.05, 4.69) is 4.99 Å². The second kappa shape index (κ2) is 5.29. The van der Waals surface area contributed by atoms with Crippen molar-refractivity contribution >= 4 is 17.7 Å². The highest BCUT2D eigenvalue weighted by atomic mass is 16.4. The molecule has 0 fully saturated rings. The normalized spacial score (nSPS) is 9.74. The first kappa shape index (κ1) is 12.7. The van der Waals surface area contributed by atoms with Gasteiger partial charge in [0.1, 0.15) is 0 Å². The largest absolute Gasteiger partial charge is 0.478 e. The molecule has 0 amide bonds. The summed E-state index contributed by atoms with van der Waals surface area (Å²) in [7, 11) is 0. The van der Waals surface area contributed by atoms with Crippen LogP contribution >= 0.6 is 0 Å². The molecule has 4 nitrogen and oxygen atoms in total. The fourth-order valence-corrected chi connectivity index (χ4v) is 1.78. The van der Waals surface area contributed by atoms with Crippen LogP contribution in [-0.4, -0.2) is 17.2 Å². The molecule has 2 aromatic carbocycles. The Morgan fingerprint density at radius 2 is 1.74 bits per heavy atom. The average molecular weight is 253 g/mol. The van der Waals surface area contributed by atoms with Crippen LogP contribution in [0, 0.1) is 6.92 Å². The van der Waals surface area contributed by atoms with Crippen LogP contribution in [0.3, 0.4) is 0 Å². The quantitative estimate of drug-likeness (QED) is 0.674. The lowest BCUT2D eigenvalue weighted by Gasteiger charge is -2.05. The van der Waals surface area contributed by atoms with Crippen LogP contribution in [0.25, 0.3) is 11.1 Å². The first-order valence-corrected chi connectivity index (χ1v) is 5.64. The number of aromatic carboxylic acids is 1. The second-order valence-corrected chi connectivity index (χ2v) is 4.11. The average Bonchev–Trinajstić information content (AvgIpc) is 2.40. The molecule has 0 aliphatic rings. The van der Waals surface area contributed by atoms with Crippen molar-refractivity contribution in [3.63, 3.8) is 0 Å². The first-order valence-electron chi connectivity index (χ1n) is 5.64. The highest BCUT2D eigenvalue weighted by Crippen LogP contribution is 2.27. The van der Waals surface area contributed by atoms with Crippen molar-refractivity contribution in [2.45, 2.75) is 6.92 Å². The van der Waals surface area contributed by atoms with Crippen LogP contribution in [0.5, 0.6) is 0 Å². The molecule has 0 atom stereocenters. The minimum atomic E-state index is -1.12. The van der Waals surface area contributed by atoms with Crippen molar-refractivity contribution in [2.75, 3.05) is 0 Å². The van der Waals surface area contributed by atoms with Gasteiger partial charge in [-0.2, -0.15) is 4.99 Å². The van der Waals surface area contributed by atoms with Gasteiger partial charge in [0.15, 0.2) is 0 Å².